The van der Waals surface area contributed by atoms with Crippen molar-refractivity contribution in [3.63, 3.8) is 0 Å². The Morgan fingerprint density at radius 3 is 2.73 bits per heavy atom. The predicted molar refractivity (Wildman–Crippen MR) is 57.7 cm³/mol. The van der Waals surface area contributed by atoms with Crippen molar-refractivity contribution in [2.45, 2.75) is 26.7 Å². The number of hydrogen-bond donors (Lipinski definition) is 2. The SMILES string of the molecule is CC(C)(CN1CCCC(CO)C1)C(=O)O. The van der Waals surface area contributed by atoms with Gasteiger partial charge in [0.2, 0.25) is 0 Å². The van der Waals surface area contributed by atoms with Gasteiger partial charge in [0, 0.05) is 19.7 Å². The Morgan fingerprint density at radius 1 is 1.53 bits per heavy atom. The summed E-state index contributed by atoms with van der Waals surface area (Å²) in [5, 5.41) is 18.1. The fourth-order valence-corrected chi connectivity index (χ4v) is 2.07. The lowest BCUT2D eigenvalue weighted by atomic mass is 9.90. The summed E-state index contributed by atoms with van der Waals surface area (Å²) < 4.78 is 0. The van der Waals surface area contributed by atoms with Crippen molar-refractivity contribution in [1.29, 1.82) is 0 Å². The van der Waals surface area contributed by atoms with E-state index < -0.39 is 11.4 Å². The van der Waals surface area contributed by atoms with Gasteiger partial charge in [-0.05, 0) is 39.2 Å². The minimum atomic E-state index is -0.756. The number of carbonyl (C=O) groups is 1. The third kappa shape index (κ3) is 3.47. The van der Waals surface area contributed by atoms with Crippen molar-refractivity contribution in [3.8, 4) is 0 Å². The molecule has 0 aromatic rings. The van der Waals surface area contributed by atoms with Gasteiger partial charge in [0.1, 0.15) is 0 Å². The van der Waals surface area contributed by atoms with Gasteiger partial charge in [0.25, 0.3) is 0 Å². The summed E-state index contributed by atoms with van der Waals surface area (Å²) in [4.78, 5) is 13.1. The maximum absolute atomic E-state index is 11.0. The molecule has 1 rings (SSSR count). The molecular weight excluding hydrogens is 194 g/mol. The number of piperidine rings is 1. The lowest BCUT2D eigenvalue weighted by molar-refractivity contribution is -0.148. The quantitative estimate of drug-likeness (QED) is 0.728. The van der Waals surface area contributed by atoms with Gasteiger partial charge in [-0.25, -0.2) is 0 Å². The summed E-state index contributed by atoms with van der Waals surface area (Å²) in [5.41, 5.74) is -0.697. The van der Waals surface area contributed by atoms with Crippen LogP contribution < -0.4 is 0 Å². The van der Waals surface area contributed by atoms with Crippen molar-refractivity contribution >= 4 is 5.97 Å². The second kappa shape index (κ2) is 4.94. The monoisotopic (exact) mass is 215 g/mol. The Labute approximate surface area is 90.9 Å². The van der Waals surface area contributed by atoms with Gasteiger partial charge in [-0.1, -0.05) is 0 Å². The van der Waals surface area contributed by atoms with Crippen LogP contribution in [-0.2, 0) is 4.79 Å². The molecule has 88 valence electrons. The first-order valence-electron chi connectivity index (χ1n) is 5.52. The van der Waals surface area contributed by atoms with E-state index in [9.17, 15) is 4.79 Å². The fourth-order valence-electron chi connectivity index (χ4n) is 2.07. The molecular formula is C11H21NO3. The smallest absolute Gasteiger partial charge is 0.310 e. The average Bonchev–Trinajstić information content (AvgIpc) is 2.17. The second-order valence-corrected chi connectivity index (χ2v) is 5.11. The summed E-state index contributed by atoms with van der Waals surface area (Å²) in [6, 6.07) is 0. The largest absolute Gasteiger partial charge is 0.481 e. The van der Waals surface area contributed by atoms with E-state index in [4.69, 9.17) is 10.2 Å². The van der Waals surface area contributed by atoms with E-state index in [-0.39, 0.29) is 6.61 Å². The molecule has 4 nitrogen and oxygen atoms in total. The lowest BCUT2D eigenvalue weighted by Gasteiger charge is -2.35. The van der Waals surface area contributed by atoms with E-state index in [0.29, 0.717) is 12.5 Å². The number of carboxylic acid groups (broad SMARTS) is 1. The highest BCUT2D eigenvalue weighted by atomic mass is 16.4. The lowest BCUT2D eigenvalue weighted by Crippen LogP contribution is -2.44. The number of nitrogens with zero attached hydrogens (tertiary/aromatic N) is 1. The molecule has 1 atom stereocenters. The summed E-state index contributed by atoms with van der Waals surface area (Å²) >= 11 is 0. The Bertz CT molecular complexity index is 228. The molecule has 0 aliphatic carbocycles. The number of carboxylic acids is 1. The van der Waals surface area contributed by atoms with Crippen molar-refractivity contribution in [2.75, 3.05) is 26.2 Å². The van der Waals surface area contributed by atoms with E-state index in [1.165, 1.54) is 0 Å². The zero-order valence-corrected chi connectivity index (χ0v) is 9.57. The molecule has 0 bridgehead atoms. The molecule has 1 aliphatic rings. The zero-order valence-electron chi connectivity index (χ0n) is 9.57. The van der Waals surface area contributed by atoms with Crippen LogP contribution in [0.2, 0.25) is 0 Å². The van der Waals surface area contributed by atoms with Gasteiger partial charge in [-0.2, -0.15) is 0 Å². The van der Waals surface area contributed by atoms with Crippen LogP contribution in [0.1, 0.15) is 26.7 Å². The molecule has 1 fully saturated rings. The Hall–Kier alpha value is -0.610. The second-order valence-electron chi connectivity index (χ2n) is 5.11. The van der Waals surface area contributed by atoms with Gasteiger partial charge in [0.15, 0.2) is 0 Å². The van der Waals surface area contributed by atoms with Gasteiger partial charge in [0.05, 0.1) is 5.41 Å². The van der Waals surface area contributed by atoms with Crippen LogP contribution in [-0.4, -0.2) is 47.3 Å². The minimum Gasteiger partial charge on any atom is -0.481 e. The highest BCUT2D eigenvalue weighted by molar-refractivity contribution is 5.73. The first-order chi connectivity index (χ1) is 6.95. The number of rotatable bonds is 4. The van der Waals surface area contributed by atoms with E-state index in [2.05, 4.69) is 4.90 Å². The Balaban J connectivity index is 2.47. The number of aliphatic carboxylic acids is 1. The molecule has 0 spiro atoms. The third-order valence-electron chi connectivity index (χ3n) is 3.06. The summed E-state index contributed by atoms with van der Waals surface area (Å²) in [5.74, 6) is -0.433. The molecule has 1 aliphatic heterocycles. The van der Waals surface area contributed by atoms with Crippen LogP contribution >= 0.6 is 0 Å². The first kappa shape index (κ1) is 12.5. The van der Waals surface area contributed by atoms with E-state index >= 15 is 0 Å². The molecule has 15 heavy (non-hydrogen) atoms. The van der Waals surface area contributed by atoms with Crippen molar-refractivity contribution in [1.82, 2.24) is 4.90 Å². The molecule has 0 radical (unpaired) electrons. The Morgan fingerprint density at radius 2 is 2.20 bits per heavy atom. The van der Waals surface area contributed by atoms with Crippen LogP contribution in [0.5, 0.6) is 0 Å². The van der Waals surface area contributed by atoms with E-state index in [1.807, 2.05) is 0 Å². The maximum atomic E-state index is 11.0. The van der Waals surface area contributed by atoms with Crippen LogP contribution in [0.25, 0.3) is 0 Å². The highest BCUT2D eigenvalue weighted by Gasteiger charge is 2.31. The predicted octanol–water partition coefficient (Wildman–Crippen LogP) is 0.802. The molecule has 1 heterocycles. The van der Waals surface area contributed by atoms with Crippen molar-refractivity contribution in [2.24, 2.45) is 11.3 Å². The number of aliphatic hydroxyl groups excluding tert-OH is 1. The molecule has 1 saturated heterocycles. The van der Waals surface area contributed by atoms with Crippen LogP contribution in [0.3, 0.4) is 0 Å². The number of hydrogen-bond acceptors (Lipinski definition) is 3. The highest BCUT2D eigenvalue weighted by Crippen LogP contribution is 2.22. The molecule has 4 heteroatoms. The Kier molecular flexibility index (Phi) is 4.11. The molecule has 0 aromatic heterocycles. The van der Waals surface area contributed by atoms with Crippen LogP contribution in [0, 0.1) is 11.3 Å². The summed E-state index contributed by atoms with van der Waals surface area (Å²) in [6.45, 7) is 6.05. The summed E-state index contributed by atoms with van der Waals surface area (Å²) in [7, 11) is 0. The van der Waals surface area contributed by atoms with Crippen molar-refractivity contribution < 1.29 is 15.0 Å². The molecule has 0 aromatic carbocycles. The van der Waals surface area contributed by atoms with Crippen molar-refractivity contribution in [3.05, 3.63) is 0 Å². The average molecular weight is 215 g/mol. The number of likely N-dealkylation sites (tertiary alicyclic amines) is 1. The van der Waals surface area contributed by atoms with Crippen LogP contribution in [0.15, 0.2) is 0 Å². The van der Waals surface area contributed by atoms with Crippen LogP contribution in [0.4, 0.5) is 0 Å². The van der Waals surface area contributed by atoms with E-state index in [0.717, 1.165) is 25.9 Å². The summed E-state index contributed by atoms with van der Waals surface area (Å²) in [6.07, 6.45) is 2.11. The topological polar surface area (TPSA) is 60.8 Å². The minimum absolute atomic E-state index is 0.212. The van der Waals surface area contributed by atoms with Gasteiger partial charge >= 0.3 is 5.97 Å². The molecule has 0 amide bonds. The van der Waals surface area contributed by atoms with Gasteiger partial charge < -0.3 is 15.1 Å². The first-order valence-corrected chi connectivity index (χ1v) is 5.52. The standard InChI is InChI=1S/C11H21NO3/c1-11(2,10(14)15)8-12-5-3-4-9(6-12)7-13/h9,13H,3-8H2,1-2H3,(H,14,15). The zero-order chi connectivity index (χ0) is 11.5. The maximum Gasteiger partial charge on any atom is 0.310 e. The van der Waals surface area contributed by atoms with E-state index in [1.54, 1.807) is 13.8 Å². The number of aliphatic hydroxyl groups is 1. The fraction of sp³-hybridized carbons (Fsp3) is 0.909. The normalized spacial score (nSPS) is 24.1. The third-order valence-corrected chi connectivity index (χ3v) is 3.06. The molecule has 1 unspecified atom stereocenters. The molecule has 0 saturated carbocycles. The van der Waals surface area contributed by atoms with Gasteiger partial charge in [-0.3, -0.25) is 4.79 Å². The molecule has 2 N–H and O–H groups in total. The van der Waals surface area contributed by atoms with Gasteiger partial charge in [-0.15, -0.1) is 0 Å².